The summed E-state index contributed by atoms with van der Waals surface area (Å²) in [6, 6.07) is 2.19. The molecular weight excluding hydrogens is 224 g/mol. The van der Waals surface area contributed by atoms with Gasteiger partial charge < -0.3 is 15.0 Å². The summed E-state index contributed by atoms with van der Waals surface area (Å²) >= 11 is 0. The van der Waals surface area contributed by atoms with Crippen LogP contribution in [0.1, 0.15) is 52.9 Å². The minimum absolute atomic E-state index is 0.0128. The minimum atomic E-state index is -0.0128. The Labute approximate surface area is 112 Å². The van der Waals surface area contributed by atoms with Crippen LogP contribution < -0.4 is 5.32 Å². The molecule has 1 heterocycles. The maximum absolute atomic E-state index is 5.51. The highest BCUT2D eigenvalue weighted by Gasteiger charge is 2.32. The number of hydrogen-bond acceptors (Lipinski definition) is 3. The van der Waals surface area contributed by atoms with Crippen LogP contribution in [0, 0.1) is 0 Å². The molecule has 0 amide bonds. The molecule has 1 N–H and O–H groups in total. The fraction of sp³-hybridized carbons (Fsp3) is 1.00. The molecule has 0 aromatic carbocycles. The molecule has 2 aliphatic rings. The van der Waals surface area contributed by atoms with E-state index in [1.54, 1.807) is 7.11 Å². The van der Waals surface area contributed by atoms with E-state index >= 15 is 0 Å². The first-order chi connectivity index (χ1) is 8.50. The van der Waals surface area contributed by atoms with Crippen molar-refractivity contribution in [2.45, 2.75) is 76.6 Å². The summed E-state index contributed by atoms with van der Waals surface area (Å²) < 4.78 is 5.51. The number of nitrogens with one attached hydrogen (secondary N) is 1. The normalized spacial score (nSPS) is 25.3. The Morgan fingerprint density at radius 2 is 1.83 bits per heavy atom. The van der Waals surface area contributed by atoms with E-state index in [1.807, 2.05) is 0 Å². The number of likely N-dealkylation sites (tertiary alicyclic amines) is 1. The summed E-state index contributed by atoms with van der Waals surface area (Å²) in [5.74, 6) is 0. The van der Waals surface area contributed by atoms with Gasteiger partial charge in [-0.3, -0.25) is 0 Å². The van der Waals surface area contributed by atoms with Crippen LogP contribution in [-0.4, -0.2) is 48.8 Å². The van der Waals surface area contributed by atoms with Gasteiger partial charge in [0.2, 0.25) is 0 Å². The molecule has 3 nitrogen and oxygen atoms in total. The Bertz CT molecular complexity index is 255. The van der Waals surface area contributed by atoms with Crippen molar-refractivity contribution in [3.05, 3.63) is 0 Å². The molecule has 1 aliphatic heterocycles. The summed E-state index contributed by atoms with van der Waals surface area (Å²) in [5.41, 5.74) is -0.0128. The molecule has 1 saturated carbocycles. The van der Waals surface area contributed by atoms with Gasteiger partial charge in [0, 0.05) is 25.2 Å². The zero-order valence-corrected chi connectivity index (χ0v) is 12.5. The van der Waals surface area contributed by atoms with Gasteiger partial charge in [-0.2, -0.15) is 0 Å². The van der Waals surface area contributed by atoms with Crippen molar-refractivity contribution in [3.63, 3.8) is 0 Å². The molecule has 0 bridgehead atoms. The number of hydrogen-bond donors (Lipinski definition) is 1. The maximum Gasteiger partial charge on any atom is 0.0637 e. The Kier molecular flexibility index (Phi) is 4.68. The molecule has 2 fully saturated rings. The lowest BCUT2D eigenvalue weighted by molar-refractivity contribution is 0.00687. The van der Waals surface area contributed by atoms with Gasteiger partial charge in [0.1, 0.15) is 0 Å². The predicted molar refractivity (Wildman–Crippen MR) is 75.9 cm³/mol. The van der Waals surface area contributed by atoms with Gasteiger partial charge in [0.15, 0.2) is 0 Å². The van der Waals surface area contributed by atoms with Gasteiger partial charge in [-0.1, -0.05) is 0 Å². The highest BCUT2D eigenvalue weighted by atomic mass is 16.5. The van der Waals surface area contributed by atoms with E-state index in [2.05, 4.69) is 31.0 Å². The Hall–Kier alpha value is -0.120. The third kappa shape index (κ3) is 4.22. The van der Waals surface area contributed by atoms with Crippen molar-refractivity contribution < 1.29 is 4.74 Å². The lowest BCUT2D eigenvalue weighted by Crippen LogP contribution is -2.47. The topological polar surface area (TPSA) is 24.5 Å². The summed E-state index contributed by atoms with van der Waals surface area (Å²) in [4.78, 5) is 2.68. The van der Waals surface area contributed by atoms with E-state index < -0.39 is 0 Å². The first-order valence-electron chi connectivity index (χ1n) is 7.55. The fourth-order valence-corrected chi connectivity index (χ4v) is 3.15. The fourth-order valence-electron chi connectivity index (χ4n) is 3.15. The van der Waals surface area contributed by atoms with Crippen LogP contribution in [0.15, 0.2) is 0 Å². The number of ether oxygens (including phenoxy) is 1. The lowest BCUT2D eigenvalue weighted by atomic mass is 9.97. The van der Waals surface area contributed by atoms with Gasteiger partial charge in [-0.25, -0.2) is 0 Å². The van der Waals surface area contributed by atoms with Crippen LogP contribution in [0.25, 0.3) is 0 Å². The standard InChI is InChI=1S/C15H30N2O/c1-12(11-15(2,3)18-4)16-13-7-9-17(10-8-13)14-5-6-14/h12-14,16H,5-11H2,1-4H3. The SMILES string of the molecule is COC(C)(C)CC(C)NC1CCN(C2CC2)CC1. The van der Waals surface area contributed by atoms with Crippen LogP contribution in [-0.2, 0) is 4.74 Å². The van der Waals surface area contributed by atoms with E-state index in [0.29, 0.717) is 12.1 Å². The molecule has 0 aromatic rings. The average Bonchev–Trinajstić information content (AvgIpc) is 3.13. The number of methoxy groups -OCH3 is 1. The zero-order valence-electron chi connectivity index (χ0n) is 12.5. The Balaban J connectivity index is 1.67. The molecule has 0 spiro atoms. The minimum Gasteiger partial charge on any atom is -0.379 e. The zero-order chi connectivity index (χ0) is 13.2. The highest BCUT2D eigenvalue weighted by molar-refractivity contribution is 4.89. The largest absolute Gasteiger partial charge is 0.379 e. The van der Waals surface area contributed by atoms with Crippen molar-refractivity contribution in [2.24, 2.45) is 0 Å². The van der Waals surface area contributed by atoms with E-state index in [9.17, 15) is 0 Å². The molecule has 0 aromatic heterocycles. The molecule has 18 heavy (non-hydrogen) atoms. The molecule has 1 unspecified atom stereocenters. The average molecular weight is 254 g/mol. The highest BCUT2D eigenvalue weighted by Crippen LogP contribution is 2.29. The van der Waals surface area contributed by atoms with Crippen LogP contribution in [0.5, 0.6) is 0 Å². The maximum atomic E-state index is 5.51. The van der Waals surface area contributed by atoms with Gasteiger partial charge in [-0.15, -0.1) is 0 Å². The number of rotatable bonds is 6. The van der Waals surface area contributed by atoms with Crippen molar-refractivity contribution >= 4 is 0 Å². The molecule has 2 rings (SSSR count). The van der Waals surface area contributed by atoms with Gasteiger partial charge in [0.05, 0.1) is 5.60 Å². The van der Waals surface area contributed by atoms with Gasteiger partial charge in [0.25, 0.3) is 0 Å². The Morgan fingerprint density at radius 1 is 1.22 bits per heavy atom. The first kappa shape index (κ1) is 14.3. The monoisotopic (exact) mass is 254 g/mol. The van der Waals surface area contributed by atoms with Crippen LogP contribution in [0.3, 0.4) is 0 Å². The summed E-state index contributed by atoms with van der Waals surface area (Å²) in [6.07, 6.45) is 6.59. The predicted octanol–water partition coefficient (Wildman–Crippen LogP) is 2.41. The van der Waals surface area contributed by atoms with Crippen LogP contribution in [0.4, 0.5) is 0 Å². The number of nitrogens with zero attached hydrogens (tertiary/aromatic N) is 1. The van der Waals surface area contributed by atoms with E-state index in [-0.39, 0.29) is 5.60 Å². The lowest BCUT2D eigenvalue weighted by Gasteiger charge is -2.35. The third-order valence-corrected chi connectivity index (χ3v) is 4.46. The molecule has 3 heteroatoms. The van der Waals surface area contributed by atoms with Crippen molar-refractivity contribution in [1.82, 2.24) is 10.2 Å². The van der Waals surface area contributed by atoms with Crippen LogP contribution in [0.2, 0.25) is 0 Å². The first-order valence-corrected chi connectivity index (χ1v) is 7.55. The van der Waals surface area contributed by atoms with Crippen LogP contribution >= 0.6 is 0 Å². The second-order valence-corrected chi connectivity index (χ2v) is 6.78. The quantitative estimate of drug-likeness (QED) is 0.788. The second-order valence-electron chi connectivity index (χ2n) is 6.78. The smallest absolute Gasteiger partial charge is 0.0637 e. The van der Waals surface area contributed by atoms with Crippen molar-refractivity contribution in [2.75, 3.05) is 20.2 Å². The summed E-state index contributed by atoms with van der Waals surface area (Å²) in [6.45, 7) is 9.21. The molecule has 0 radical (unpaired) electrons. The molecule has 1 saturated heterocycles. The summed E-state index contributed by atoms with van der Waals surface area (Å²) in [5, 5.41) is 3.78. The summed E-state index contributed by atoms with van der Waals surface area (Å²) in [7, 11) is 1.81. The number of piperidine rings is 1. The molecular formula is C15H30N2O. The van der Waals surface area contributed by atoms with E-state index in [1.165, 1.54) is 38.8 Å². The van der Waals surface area contributed by atoms with Gasteiger partial charge in [-0.05, 0) is 66.0 Å². The van der Waals surface area contributed by atoms with E-state index in [0.717, 1.165) is 12.5 Å². The second kappa shape index (κ2) is 5.89. The van der Waals surface area contributed by atoms with Gasteiger partial charge >= 0.3 is 0 Å². The third-order valence-electron chi connectivity index (χ3n) is 4.46. The molecule has 1 aliphatic carbocycles. The molecule has 106 valence electrons. The van der Waals surface area contributed by atoms with Crippen molar-refractivity contribution in [3.8, 4) is 0 Å². The van der Waals surface area contributed by atoms with E-state index in [4.69, 9.17) is 4.74 Å². The Morgan fingerprint density at radius 3 is 2.33 bits per heavy atom. The molecule has 1 atom stereocenters. The van der Waals surface area contributed by atoms with Crippen molar-refractivity contribution in [1.29, 1.82) is 0 Å².